The van der Waals surface area contributed by atoms with Crippen molar-refractivity contribution in [1.82, 2.24) is 10.3 Å². The molecule has 0 spiro atoms. The van der Waals surface area contributed by atoms with Crippen LogP contribution in [0.15, 0.2) is 80.4 Å². The molecule has 4 heterocycles. The number of aromatic nitrogens is 1. The van der Waals surface area contributed by atoms with Gasteiger partial charge in [-0.15, -0.1) is 0 Å². The smallest absolute Gasteiger partial charge is 0.255 e. The van der Waals surface area contributed by atoms with Crippen molar-refractivity contribution >= 4 is 28.8 Å². The summed E-state index contributed by atoms with van der Waals surface area (Å²) in [6.45, 7) is 3.77. The Morgan fingerprint density at radius 1 is 1.19 bits per heavy atom. The minimum Gasteiger partial charge on any atom is -0.469 e. The molecule has 3 aromatic rings. The van der Waals surface area contributed by atoms with E-state index in [9.17, 15) is 9.59 Å². The number of furan rings is 1. The van der Waals surface area contributed by atoms with Crippen molar-refractivity contribution in [3.05, 3.63) is 93.0 Å². The van der Waals surface area contributed by atoms with Crippen molar-refractivity contribution in [2.24, 2.45) is 0 Å². The number of hydrogen-bond donors (Lipinski definition) is 2. The molecule has 7 heteroatoms. The molecule has 0 radical (unpaired) electrons. The van der Waals surface area contributed by atoms with Crippen LogP contribution in [-0.4, -0.2) is 16.7 Å². The normalized spacial score (nSPS) is 20.8. The highest BCUT2D eigenvalue weighted by Crippen LogP contribution is 2.46. The van der Waals surface area contributed by atoms with Gasteiger partial charge in [0, 0.05) is 46.5 Å². The van der Waals surface area contributed by atoms with Crippen molar-refractivity contribution in [3.63, 3.8) is 0 Å². The van der Waals surface area contributed by atoms with E-state index in [2.05, 4.69) is 15.6 Å². The van der Waals surface area contributed by atoms with Gasteiger partial charge in [-0.3, -0.25) is 9.59 Å². The summed E-state index contributed by atoms with van der Waals surface area (Å²) in [4.78, 5) is 31.2. The fourth-order valence-corrected chi connectivity index (χ4v) is 5.32. The van der Waals surface area contributed by atoms with Gasteiger partial charge in [-0.25, -0.2) is 4.98 Å². The van der Waals surface area contributed by atoms with Crippen molar-refractivity contribution in [3.8, 4) is 0 Å². The van der Waals surface area contributed by atoms with E-state index in [0.717, 1.165) is 28.4 Å². The highest BCUT2D eigenvalue weighted by Gasteiger charge is 2.41. The van der Waals surface area contributed by atoms with E-state index in [4.69, 9.17) is 4.42 Å². The Labute approximate surface area is 190 Å². The maximum atomic E-state index is 13.4. The van der Waals surface area contributed by atoms with E-state index in [0.29, 0.717) is 29.8 Å². The van der Waals surface area contributed by atoms with Crippen LogP contribution in [0.3, 0.4) is 0 Å². The Morgan fingerprint density at radius 2 is 2.06 bits per heavy atom. The van der Waals surface area contributed by atoms with Gasteiger partial charge >= 0.3 is 0 Å². The Hall–Kier alpha value is -3.45. The second kappa shape index (κ2) is 8.24. The van der Waals surface area contributed by atoms with E-state index in [1.54, 1.807) is 23.7 Å². The number of thiophene rings is 1. The van der Waals surface area contributed by atoms with Crippen molar-refractivity contribution in [1.29, 1.82) is 0 Å². The first-order valence-corrected chi connectivity index (χ1v) is 11.5. The van der Waals surface area contributed by atoms with Gasteiger partial charge in [0.2, 0.25) is 0 Å². The zero-order valence-electron chi connectivity index (χ0n) is 17.8. The molecule has 0 fully saturated rings. The molecule has 2 aliphatic rings. The van der Waals surface area contributed by atoms with Crippen LogP contribution in [0.1, 0.15) is 48.6 Å². The summed E-state index contributed by atoms with van der Waals surface area (Å²) in [5, 5.41) is 10.3. The highest BCUT2D eigenvalue weighted by molar-refractivity contribution is 7.08. The standard InChI is InChI=1S/C25H23N3O3S/c1-14-5-3-7-21(26-14)28-25(30)22-15(2)27-18-11-17(20-6-4-9-31-20)12-19(29)24(18)23(22)16-8-10-32-13-16/h3-10,13,17,23,27H,11-12H2,1-2H3,(H,26,28,30)/t17-,23-/m0/s1. The van der Waals surface area contributed by atoms with Crippen LogP contribution < -0.4 is 10.6 Å². The first kappa shape index (κ1) is 20.5. The van der Waals surface area contributed by atoms with E-state index < -0.39 is 5.92 Å². The van der Waals surface area contributed by atoms with Gasteiger partial charge in [0.15, 0.2) is 5.78 Å². The molecule has 5 rings (SSSR count). The first-order chi connectivity index (χ1) is 15.5. The number of aryl methyl sites for hydroxylation is 1. The molecule has 32 heavy (non-hydrogen) atoms. The lowest BCUT2D eigenvalue weighted by Crippen LogP contribution is -2.37. The first-order valence-electron chi connectivity index (χ1n) is 10.6. The molecule has 0 saturated heterocycles. The average Bonchev–Trinajstić information content (AvgIpc) is 3.47. The Balaban J connectivity index is 1.53. The molecule has 1 aliphatic heterocycles. The van der Waals surface area contributed by atoms with Crippen LogP contribution in [0.5, 0.6) is 0 Å². The van der Waals surface area contributed by atoms with Gasteiger partial charge in [0.1, 0.15) is 11.6 Å². The number of Topliss-reactive ketones (excluding diaryl/α,β-unsaturated/α-hetero) is 1. The van der Waals surface area contributed by atoms with Crippen molar-refractivity contribution in [2.75, 3.05) is 5.32 Å². The molecule has 1 aliphatic carbocycles. The van der Waals surface area contributed by atoms with Gasteiger partial charge in [-0.2, -0.15) is 11.3 Å². The fraction of sp³-hybridized carbons (Fsp3) is 0.240. The number of dihydropyridines is 1. The number of anilines is 1. The number of amides is 1. The third-order valence-electron chi connectivity index (χ3n) is 6.02. The number of nitrogens with one attached hydrogen (secondary N) is 2. The van der Waals surface area contributed by atoms with Gasteiger partial charge in [0.25, 0.3) is 5.91 Å². The molecule has 162 valence electrons. The van der Waals surface area contributed by atoms with Gasteiger partial charge in [-0.1, -0.05) is 6.07 Å². The van der Waals surface area contributed by atoms with E-state index in [1.807, 2.05) is 54.9 Å². The quantitative estimate of drug-likeness (QED) is 0.587. The molecule has 1 amide bonds. The number of carbonyl (C=O) groups is 2. The lowest BCUT2D eigenvalue weighted by molar-refractivity contribution is -0.116. The molecular formula is C25H23N3O3S. The molecule has 0 saturated carbocycles. The van der Waals surface area contributed by atoms with Crippen LogP contribution >= 0.6 is 11.3 Å². The monoisotopic (exact) mass is 445 g/mol. The zero-order valence-corrected chi connectivity index (χ0v) is 18.7. The molecule has 0 bridgehead atoms. The highest BCUT2D eigenvalue weighted by atomic mass is 32.1. The third-order valence-corrected chi connectivity index (χ3v) is 6.73. The molecule has 0 aromatic carbocycles. The molecule has 6 nitrogen and oxygen atoms in total. The van der Waals surface area contributed by atoms with Crippen LogP contribution in [0, 0.1) is 6.92 Å². The number of ketones is 1. The number of hydrogen-bond acceptors (Lipinski definition) is 6. The summed E-state index contributed by atoms with van der Waals surface area (Å²) in [6.07, 6.45) is 2.67. The third kappa shape index (κ3) is 3.69. The number of nitrogens with zero attached hydrogens (tertiary/aromatic N) is 1. The average molecular weight is 446 g/mol. The van der Waals surface area contributed by atoms with Crippen molar-refractivity contribution in [2.45, 2.75) is 38.5 Å². The summed E-state index contributed by atoms with van der Waals surface area (Å²) in [5.41, 5.74) is 4.63. The number of rotatable bonds is 4. The molecular weight excluding hydrogens is 422 g/mol. The molecule has 3 aromatic heterocycles. The number of carbonyl (C=O) groups excluding carboxylic acids is 2. The summed E-state index contributed by atoms with van der Waals surface area (Å²) >= 11 is 1.56. The number of pyridine rings is 1. The summed E-state index contributed by atoms with van der Waals surface area (Å²) in [5.74, 6) is 0.681. The summed E-state index contributed by atoms with van der Waals surface area (Å²) in [7, 11) is 0. The minimum absolute atomic E-state index is 0.00783. The molecule has 2 N–H and O–H groups in total. The largest absolute Gasteiger partial charge is 0.469 e. The Kier molecular flexibility index (Phi) is 5.27. The van der Waals surface area contributed by atoms with Crippen LogP contribution in [0.4, 0.5) is 5.82 Å². The SMILES string of the molecule is CC1=C(C(=O)Nc2cccc(C)n2)[C@H](c2ccsc2)C2=C(C[C@H](c3ccco3)CC2=O)N1. The lowest BCUT2D eigenvalue weighted by atomic mass is 9.73. The van der Waals surface area contributed by atoms with Crippen LogP contribution in [0.2, 0.25) is 0 Å². The predicted octanol–water partition coefficient (Wildman–Crippen LogP) is 5.04. The van der Waals surface area contributed by atoms with Crippen molar-refractivity contribution < 1.29 is 14.0 Å². The topological polar surface area (TPSA) is 84.2 Å². The van der Waals surface area contributed by atoms with Crippen LogP contribution in [0.25, 0.3) is 0 Å². The summed E-state index contributed by atoms with van der Waals surface area (Å²) in [6, 6.07) is 11.3. The molecule has 0 unspecified atom stereocenters. The van der Waals surface area contributed by atoms with Crippen LogP contribution in [-0.2, 0) is 9.59 Å². The maximum Gasteiger partial charge on any atom is 0.255 e. The molecule has 2 atom stereocenters. The lowest BCUT2D eigenvalue weighted by Gasteiger charge is -2.36. The number of allylic oxidation sites excluding steroid dienone is 3. The van der Waals surface area contributed by atoms with Gasteiger partial charge in [0.05, 0.1) is 6.26 Å². The predicted molar refractivity (Wildman–Crippen MR) is 123 cm³/mol. The van der Waals surface area contributed by atoms with E-state index >= 15 is 0 Å². The Bertz CT molecular complexity index is 1240. The van der Waals surface area contributed by atoms with E-state index in [-0.39, 0.29) is 17.6 Å². The van der Waals surface area contributed by atoms with Gasteiger partial charge in [-0.05, 0) is 66.9 Å². The Morgan fingerprint density at radius 3 is 2.78 bits per heavy atom. The second-order valence-corrected chi connectivity index (χ2v) is 8.99. The maximum absolute atomic E-state index is 13.4. The zero-order chi connectivity index (χ0) is 22.2. The van der Waals surface area contributed by atoms with E-state index in [1.165, 1.54) is 0 Å². The van der Waals surface area contributed by atoms with Gasteiger partial charge < -0.3 is 15.1 Å². The second-order valence-electron chi connectivity index (χ2n) is 8.21. The fourth-order valence-electron chi connectivity index (χ4n) is 4.63. The minimum atomic E-state index is -0.410. The summed E-state index contributed by atoms with van der Waals surface area (Å²) < 4.78 is 5.58.